The minimum Gasteiger partial charge on any atom is -0.388 e. The van der Waals surface area contributed by atoms with Gasteiger partial charge in [0.2, 0.25) is 0 Å². The molecule has 0 fully saturated rings. The highest BCUT2D eigenvalue weighted by molar-refractivity contribution is 7.90. The largest absolute Gasteiger partial charge is 0.418 e. The lowest BCUT2D eigenvalue weighted by Gasteiger charge is -2.08. The third-order valence-corrected chi connectivity index (χ3v) is 5.38. The van der Waals surface area contributed by atoms with Crippen LogP contribution < -0.4 is 15.4 Å². The Bertz CT molecular complexity index is 1130. The summed E-state index contributed by atoms with van der Waals surface area (Å²) in [7, 11) is -3.39. The summed E-state index contributed by atoms with van der Waals surface area (Å²) < 4.78 is 28.7. The second-order valence-electron chi connectivity index (χ2n) is 5.87. The predicted molar refractivity (Wildman–Crippen MR) is 106 cm³/mol. The van der Waals surface area contributed by atoms with Crippen LogP contribution >= 0.6 is 11.3 Å². The van der Waals surface area contributed by atoms with Crippen molar-refractivity contribution in [2.24, 2.45) is 0 Å². The molecule has 0 aliphatic heterocycles. The first-order valence-electron chi connectivity index (χ1n) is 8.02. The molecule has 0 bridgehead atoms. The zero-order valence-corrected chi connectivity index (χ0v) is 16.9. The van der Waals surface area contributed by atoms with Crippen molar-refractivity contribution in [2.75, 3.05) is 16.9 Å². The van der Waals surface area contributed by atoms with Gasteiger partial charge in [-0.3, -0.25) is 15.3 Å². The predicted octanol–water partition coefficient (Wildman–Crippen LogP) is 3.31. The number of hydrogen-bond donors (Lipinski definition) is 2. The van der Waals surface area contributed by atoms with Crippen LogP contribution in [0.5, 0.6) is 5.88 Å². The van der Waals surface area contributed by atoms with Crippen molar-refractivity contribution in [3.8, 4) is 5.88 Å². The fraction of sp³-hybridized carbons (Fsp3) is 0.176. The van der Waals surface area contributed by atoms with E-state index in [-0.39, 0.29) is 10.8 Å². The van der Waals surface area contributed by atoms with Gasteiger partial charge in [0.15, 0.2) is 14.8 Å². The van der Waals surface area contributed by atoms with Crippen LogP contribution in [-0.4, -0.2) is 35.7 Å². The molecule has 3 aromatic heterocycles. The molecule has 0 atom stereocenters. The van der Waals surface area contributed by atoms with E-state index in [1.165, 1.54) is 29.8 Å². The molecule has 0 aliphatic rings. The number of nitrogens with one attached hydrogen (secondary N) is 2. The quantitative estimate of drug-likeness (QED) is 0.646. The molecule has 2 N–H and O–H groups in total. The molecule has 0 aliphatic carbocycles. The molecule has 11 heteroatoms. The SMILES string of the molecule is Cc1cc(NC(=O)Oc2nc(C)sc2Nc2cncc(S(C)(=O)=O)c2)ccn1. The second-order valence-corrected chi connectivity index (χ2v) is 9.09. The number of anilines is 3. The van der Waals surface area contributed by atoms with Gasteiger partial charge >= 0.3 is 6.09 Å². The molecule has 3 aromatic rings. The van der Waals surface area contributed by atoms with Crippen LogP contribution in [0.3, 0.4) is 0 Å². The molecule has 28 heavy (non-hydrogen) atoms. The van der Waals surface area contributed by atoms with Gasteiger partial charge in [-0.2, -0.15) is 0 Å². The Balaban J connectivity index is 1.77. The highest BCUT2D eigenvalue weighted by Crippen LogP contribution is 2.34. The number of amides is 1. The van der Waals surface area contributed by atoms with Gasteiger partial charge in [-0.25, -0.2) is 18.2 Å². The standard InChI is InChI=1S/C17H17N5O4S2/c1-10-6-12(4-5-19-10)22-17(23)26-15-16(27-11(2)20-15)21-13-7-14(9-18-8-13)28(3,24)25/h4-9,21H,1-3H3,(H,19,22,23). The van der Waals surface area contributed by atoms with Crippen molar-refractivity contribution in [2.45, 2.75) is 18.7 Å². The lowest BCUT2D eigenvalue weighted by molar-refractivity contribution is 0.214. The van der Waals surface area contributed by atoms with Gasteiger partial charge in [0.05, 0.1) is 21.8 Å². The Kier molecular flexibility index (Phi) is 5.56. The number of rotatable bonds is 5. The maximum Gasteiger partial charge on any atom is 0.418 e. The number of carbonyl (C=O) groups is 1. The van der Waals surface area contributed by atoms with Gasteiger partial charge < -0.3 is 10.1 Å². The molecule has 0 radical (unpaired) electrons. The van der Waals surface area contributed by atoms with Gasteiger partial charge in [-0.15, -0.1) is 0 Å². The van der Waals surface area contributed by atoms with E-state index >= 15 is 0 Å². The molecule has 1 amide bonds. The first-order chi connectivity index (χ1) is 13.2. The summed E-state index contributed by atoms with van der Waals surface area (Å²) in [5.41, 5.74) is 1.73. The van der Waals surface area contributed by atoms with E-state index in [0.29, 0.717) is 21.4 Å². The average Bonchev–Trinajstić information content (AvgIpc) is 2.93. The van der Waals surface area contributed by atoms with Gasteiger partial charge in [0.1, 0.15) is 0 Å². The number of nitrogens with zero attached hydrogens (tertiary/aromatic N) is 3. The lowest BCUT2D eigenvalue weighted by atomic mass is 10.3. The van der Waals surface area contributed by atoms with Crippen molar-refractivity contribution in [1.82, 2.24) is 15.0 Å². The summed E-state index contributed by atoms with van der Waals surface area (Å²) >= 11 is 1.26. The van der Waals surface area contributed by atoms with Crippen molar-refractivity contribution >= 4 is 43.6 Å². The van der Waals surface area contributed by atoms with Crippen LogP contribution in [0, 0.1) is 13.8 Å². The number of hydrogen-bond acceptors (Lipinski definition) is 9. The summed E-state index contributed by atoms with van der Waals surface area (Å²) in [4.78, 5) is 24.4. The number of carbonyl (C=O) groups excluding carboxylic acids is 1. The molecule has 0 spiro atoms. The summed E-state index contributed by atoms with van der Waals surface area (Å²) in [6.45, 7) is 3.57. The zero-order chi connectivity index (χ0) is 20.3. The molecule has 0 saturated heterocycles. The molecule has 146 valence electrons. The molecule has 9 nitrogen and oxygen atoms in total. The van der Waals surface area contributed by atoms with E-state index in [0.717, 1.165) is 11.9 Å². The van der Waals surface area contributed by atoms with Gasteiger partial charge in [0.25, 0.3) is 5.88 Å². The van der Waals surface area contributed by atoms with Gasteiger partial charge in [-0.05, 0) is 32.0 Å². The Morgan fingerprint density at radius 1 is 1.18 bits per heavy atom. The maximum atomic E-state index is 12.2. The molecular formula is C17H17N5O4S2. The fourth-order valence-corrected chi connectivity index (χ4v) is 3.59. The van der Waals surface area contributed by atoms with E-state index in [9.17, 15) is 13.2 Å². The molecule has 3 rings (SSSR count). The van der Waals surface area contributed by atoms with Crippen molar-refractivity contribution in [3.63, 3.8) is 0 Å². The van der Waals surface area contributed by atoms with Crippen LogP contribution in [0.2, 0.25) is 0 Å². The van der Waals surface area contributed by atoms with Crippen molar-refractivity contribution < 1.29 is 17.9 Å². The van der Waals surface area contributed by atoms with Crippen LogP contribution in [0.25, 0.3) is 0 Å². The van der Waals surface area contributed by atoms with Crippen LogP contribution in [-0.2, 0) is 9.84 Å². The average molecular weight is 419 g/mol. The highest BCUT2D eigenvalue weighted by Gasteiger charge is 2.16. The fourth-order valence-electron chi connectivity index (χ4n) is 2.23. The van der Waals surface area contributed by atoms with Gasteiger partial charge in [0, 0.05) is 30.0 Å². The summed E-state index contributed by atoms with van der Waals surface area (Å²) in [6.07, 6.45) is 4.70. The van der Waals surface area contributed by atoms with E-state index in [2.05, 4.69) is 25.6 Å². The molecule has 0 aromatic carbocycles. The number of ether oxygens (including phenoxy) is 1. The van der Waals surface area contributed by atoms with E-state index < -0.39 is 15.9 Å². The monoisotopic (exact) mass is 419 g/mol. The Morgan fingerprint density at radius 2 is 1.96 bits per heavy atom. The number of aromatic nitrogens is 3. The van der Waals surface area contributed by atoms with E-state index in [1.807, 2.05) is 0 Å². The lowest BCUT2D eigenvalue weighted by Crippen LogP contribution is -2.17. The minimum atomic E-state index is -3.39. The Hall–Kier alpha value is -3.05. The van der Waals surface area contributed by atoms with Crippen molar-refractivity contribution in [3.05, 3.63) is 47.5 Å². The smallest absolute Gasteiger partial charge is 0.388 e. The maximum absolute atomic E-state index is 12.2. The Labute approximate surface area is 165 Å². The Morgan fingerprint density at radius 3 is 2.68 bits per heavy atom. The van der Waals surface area contributed by atoms with Gasteiger partial charge in [-0.1, -0.05) is 11.3 Å². The normalized spacial score (nSPS) is 11.1. The molecule has 0 unspecified atom stereocenters. The highest BCUT2D eigenvalue weighted by atomic mass is 32.2. The van der Waals surface area contributed by atoms with Crippen LogP contribution in [0.4, 0.5) is 21.2 Å². The van der Waals surface area contributed by atoms with Crippen LogP contribution in [0.1, 0.15) is 10.7 Å². The molecule has 3 heterocycles. The van der Waals surface area contributed by atoms with Crippen molar-refractivity contribution in [1.29, 1.82) is 0 Å². The van der Waals surface area contributed by atoms with E-state index in [1.54, 1.807) is 32.2 Å². The number of aryl methyl sites for hydroxylation is 2. The summed E-state index contributed by atoms with van der Waals surface area (Å²) in [6, 6.07) is 4.79. The summed E-state index contributed by atoms with van der Waals surface area (Å²) in [5, 5.41) is 6.72. The molecule has 0 saturated carbocycles. The third-order valence-electron chi connectivity index (χ3n) is 3.43. The number of sulfone groups is 1. The van der Waals surface area contributed by atoms with E-state index in [4.69, 9.17) is 4.74 Å². The number of pyridine rings is 2. The minimum absolute atomic E-state index is 0.0759. The first kappa shape index (κ1) is 19.7. The number of thiazole rings is 1. The second kappa shape index (κ2) is 7.90. The first-order valence-corrected chi connectivity index (χ1v) is 10.7. The third kappa shape index (κ3) is 5.02. The molecular weight excluding hydrogens is 402 g/mol. The zero-order valence-electron chi connectivity index (χ0n) is 15.3. The topological polar surface area (TPSA) is 123 Å². The van der Waals surface area contributed by atoms with Crippen LogP contribution in [0.15, 0.2) is 41.7 Å². The summed E-state index contributed by atoms with van der Waals surface area (Å²) in [5.74, 6) is 0.0792.